The molecule has 0 bridgehead atoms. The van der Waals surface area contributed by atoms with Crippen molar-refractivity contribution in [3.63, 3.8) is 0 Å². The Labute approximate surface area is 187 Å². The van der Waals surface area contributed by atoms with Gasteiger partial charge in [-0.1, -0.05) is 18.2 Å². The van der Waals surface area contributed by atoms with Gasteiger partial charge in [-0.3, -0.25) is 10.1 Å². The minimum atomic E-state index is -0.281. The second-order valence-corrected chi connectivity index (χ2v) is 7.56. The number of aromatic amines is 2. The van der Waals surface area contributed by atoms with Gasteiger partial charge in [0.25, 0.3) is 0 Å². The summed E-state index contributed by atoms with van der Waals surface area (Å²) in [7, 11) is 1.60. The predicted octanol–water partition coefficient (Wildman–Crippen LogP) is 5.38. The molecular formula is C25H17FN6O. The van der Waals surface area contributed by atoms with Gasteiger partial charge < -0.3 is 9.72 Å². The summed E-state index contributed by atoms with van der Waals surface area (Å²) < 4.78 is 19.8. The first kappa shape index (κ1) is 19.1. The molecule has 0 aliphatic carbocycles. The second kappa shape index (κ2) is 7.52. The van der Waals surface area contributed by atoms with Crippen LogP contribution in [0.1, 0.15) is 0 Å². The van der Waals surface area contributed by atoms with E-state index in [9.17, 15) is 4.39 Å². The SMILES string of the molecule is COc1cncc(-c2ccc3[nH]nc(-c4cc5c(-c6ccccc6F)ccnc5[nH]4)c3n2)c1. The van der Waals surface area contributed by atoms with Gasteiger partial charge >= 0.3 is 0 Å². The average molecular weight is 436 g/mol. The topological polar surface area (TPSA) is 92.4 Å². The van der Waals surface area contributed by atoms with Crippen molar-refractivity contribution in [3.8, 4) is 39.5 Å². The Bertz CT molecular complexity index is 1640. The molecule has 160 valence electrons. The number of aromatic nitrogens is 6. The number of hydrogen-bond acceptors (Lipinski definition) is 5. The van der Waals surface area contributed by atoms with Crippen LogP contribution >= 0.6 is 0 Å². The van der Waals surface area contributed by atoms with Gasteiger partial charge in [0.05, 0.1) is 30.2 Å². The number of H-pyrrole nitrogens is 2. The first-order valence-corrected chi connectivity index (χ1v) is 10.3. The molecule has 5 heterocycles. The highest BCUT2D eigenvalue weighted by atomic mass is 19.1. The summed E-state index contributed by atoms with van der Waals surface area (Å²) in [5.74, 6) is 0.375. The molecule has 6 aromatic rings. The molecular weight excluding hydrogens is 419 g/mol. The smallest absolute Gasteiger partial charge is 0.138 e. The van der Waals surface area contributed by atoms with Crippen molar-refractivity contribution >= 4 is 22.1 Å². The van der Waals surface area contributed by atoms with E-state index in [-0.39, 0.29) is 5.82 Å². The van der Waals surface area contributed by atoms with Crippen LogP contribution in [0.25, 0.3) is 55.8 Å². The van der Waals surface area contributed by atoms with Gasteiger partial charge in [0, 0.05) is 28.9 Å². The van der Waals surface area contributed by atoms with E-state index >= 15 is 0 Å². The summed E-state index contributed by atoms with van der Waals surface area (Å²) in [6, 6.07) is 16.2. The van der Waals surface area contributed by atoms with Crippen LogP contribution in [0.3, 0.4) is 0 Å². The molecule has 5 aromatic heterocycles. The maximum Gasteiger partial charge on any atom is 0.138 e. The molecule has 0 saturated heterocycles. The lowest BCUT2D eigenvalue weighted by molar-refractivity contribution is 0.413. The Balaban J connectivity index is 1.50. The number of ether oxygens (including phenoxy) is 1. The van der Waals surface area contributed by atoms with Gasteiger partial charge in [0.2, 0.25) is 0 Å². The van der Waals surface area contributed by atoms with Crippen LogP contribution in [0, 0.1) is 5.82 Å². The highest BCUT2D eigenvalue weighted by Crippen LogP contribution is 2.34. The fourth-order valence-electron chi connectivity index (χ4n) is 3.99. The largest absolute Gasteiger partial charge is 0.495 e. The molecule has 0 amide bonds. The van der Waals surface area contributed by atoms with Crippen LogP contribution in [0.2, 0.25) is 0 Å². The summed E-state index contributed by atoms with van der Waals surface area (Å²) in [6.45, 7) is 0. The van der Waals surface area contributed by atoms with Gasteiger partial charge in [-0.2, -0.15) is 5.10 Å². The molecule has 33 heavy (non-hydrogen) atoms. The van der Waals surface area contributed by atoms with Crippen molar-refractivity contribution in [1.29, 1.82) is 0 Å². The number of nitrogens with zero attached hydrogens (tertiary/aromatic N) is 4. The fourth-order valence-corrected chi connectivity index (χ4v) is 3.99. The summed E-state index contributed by atoms with van der Waals surface area (Å²) in [5.41, 5.74) is 6.40. The normalized spacial score (nSPS) is 11.3. The third-order valence-electron chi connectivity index (χ3n) is 5.60. The summed E-state index contributed by atoms with van der Waals surface area (Å²) >= 11 is 0. The van der Waals surface area contributed by atoms with Crippen LogP contribution in [0.4, 0.5) is 4.39 Å². The van der Waals surface area contributed by atoms with E-state index in [0.717, 1.165) is 33.4 Å². The van der Waals surface area contributed by atoms with E-state index in [0.29, 0.717) is 28.2 Å². The monoisotopic (exact) mass is 436 g/mol. The molecule has 2 N–H and O–H groups in total. The van der Waals surface area contributed by atoms with Crippen LogP contribution < -0.4 is 4.74 Å². The van der Waals surface area contributed by atoms with Crippen molar-refractivity contribution in [2.24, 2.45) is 0 Å². The minimum Gasteiger partial charge on any atom is -0.495 e. The number of benzene rings is 1. The lowest BCUT2D eigenvalue weighted by Gasteiger charge is -2.04. The molecule has 7 nitrogen and oxygen atoms in total. The number of nitrogens with one attached hydrogen (secondary N) is 2. The third-order valence-corrected chi connectivity index (χ3v) is 5.60. The zero-order valence-electron chi connectivity index (χ0n) is 17.5. The number of hydrogen-bond donors (Lipinski definition) is 2. The van der Waals surface area contributed by atoms with Gasteiger partial charge in [0.1, 0.15) is 28.4 Å². The summed E-state index contributed by atoms with van der Waals surface area (Å²) in [6.07, 6.45) is 5.05. The van der Waals surface area contributed by atoms with Gasteiger partial charge in [0.15, 0.2) is 0 Å². The van der Waals surface area contributed by atoms with E-state index in [1.165, 1.54) is 6.07 Å². The molecule has 0 aliphatic rings. The van der Waals surface area contributed by atoms with Crippen molar-refractivity contribution in [2.45, 2.75) is 0 Å². The van der Waals surface area contributed by atoms with E-state index in [2.05, 4.69) is 25.1 Å². The quantitative estimate of drug-likeness (QED) is 0.387. The fraction of sp³-hybridized carbons (Fsp3) is 0.0400. The molecule has 0 atom stereocenters. The summed E-state index contributed by atoms with van der Waals surface area (Å²) in [4.78, 5) is 16.8. The maximum absolute atomic E-state index is 14.5. The summed E-state index contributed by atoms with van der Waals surface area (Å²) in [5, 5.41) is 8.33. The molecule has 0 radical (unpaired) electrons. The van der Waals surface area contributed by atoms with Crippen molar-refractivity contribution in [1.82, 2.24) is 30.1 Å². The van der Waals surface area contributed by atoms with Crippen molar-refractivity contribution in [2.75, 3.05) is 7.11 Å². The first-order valence-electron chi connectivity index (χ1n) is 10.3. The lowest BCUT2D eigenvalue weighted by atomic mass is 10.0. The van der Waals surface area contributed by atoms with Crippen LogP contribution in [-0.4, -0.2) is 37.2 Å². The molecule has 0 saturated carbocycles. The van der Waals surface area contributed by atoms with Gasteiger partial charge in [-0.15, -0.1) is 0 Å². The van der Waals surface area contributed by atoms with E-state index in [1.54, 1.807) is 37.8 Å². The van der Waals surface area contributed by atoms with Gasteiger partial charge in [-0.05, 0) is 42.0 Å². The molecule has 0 spiro atoms. The zero-order chi connectivity index (χ0) is 22.4. The Morgan fingerprint density at radius 1 is 0.970 bits per heavy atom. The Kier molecular flexibility index (Phi) is 4.36. The lowest BCUT2D eigenvalue weighted by Crippen LogP contribution is -1.89. The Hall–Kier alpha value is -4.59. The van der Waals surface area contributed by atoms with E-state index in [4.69, 9.17) is 9.72 Å². The van der Waals surface area contributed by atoms with Crippen LogP contribution in [0.5, 0.6) is 5.75 Å². The van der Waals surface area contributed by atoms with Crippen molar-refractivity contribution < 1.29 is 9.13 Å². The third kappa shape index (κ3) is 3.20. The number of methoxy groups -OCH3 is 1. The highest BCUT2D eigenvalue weighted by Gasteiger charge is 2.17. The number of fused-ring (bicyclic) bond motifs is 2. The van der Waals surface area contributed by atoms with E-state index in [1.807, 2.05) is 36.4 Å². The van der Waals surface area contributed by atoms with Gasteiger partial charge in [-0.25, -0.2) is 14.4 Å². The average Bonchev–Trinajstić information content (AvgIpc) is 3.48. The molecule has 0 unspecified atom stereocenters. The van der Waals surface area contributed by atoms with Crippen molar-refractivity contribution in [3.05, 3.63) is 79.0 Å². The zero-order valence-corrected chi connectivity index (χ0v) is 17.5. The number of pyridine rings is 3. The molecule has 0 aliphatic heterocycles. The number of rotatable bonds is 4. The molecule has 0 fully saturated rings. The minimum absolute atomic E-state index is 0.281. The predicted molar refractivity (Wildman–Crippen MR) is 124 cm³/mol. The Morgan fingerprint density at radius 2 is 1.88 bits per heavy atom. The first-order chi connectivity index (χ1) is 16.2. The second-order valence-electron chi connectivity index (χ2n) is 7.56. The standard InChI is InChI=1S/C25H17FN6O/c1-33-15-10-14(12-27-13-15)20-6-7-21-23(29-20)24(32-31-21)22-11-18-16(8-9-28-25(18)30-22)17-4-2-3-5-19(17)26/h2-13H,1H3,(H,28,30)(H,31,32). The Morgan fingerprint density at radius 3 is 2.76 bits per heavy atom. The molecule has 1 aromatic carbocycles. The van der Waals surface area contributed by atoms with E-state index < -0.39 is 0 Å². The molecule has 8 heteroatoms. The van der Waals surface area contributed by atoms with Crippen LogP contribution in [-0.2, 0) is 0 Å². The highest BCUT2D eigenvalue weighted by molar-refractivity contribution is 5.99. The molecule has 6 rings (SSSR count). The number of halogens is 1. The van der Waals surface area contributed by atoms with Crippen LogP contribution in [0.15, 0.2) is 73.2 Å². The maximum atomic E-state index is 14.5.